The fraction of sp³-hybridized carbons (Fsp3) is 0.0500. The number of rotatable bonds is 2. The first kappa shape index (κ1) is 13.9. The van der Waals surface area contributed by atoms with Crippen LogP contribution in [0.1, 0.15) is 11.1 Å². The van der Waals surface area contributed by atoms with Crippen LogP contribution in [-0.2, 0) is 0 Å². The maximum atomic E-state index is 5.20. The summed E-state index contributed by atoms with van der Waals surface area (Å²) in [6, 6.07) is 23.7. The lowest BCUT2D eigenvalue weighted by Crippen LogP contribution is -1.91. The molecule has 22 heavy (non-hydrogen) atoms. The highest BCUT2D eigenvalue weighted by molar-refractivity contribution is 5.68. The average Bonchev–Trinajstić information content (AvgIpc) is 2.61. The van der Waals surface area contributed by atoms with Gasteiger partial charge in [-0.25, -0.2) is 4.98 Å². The van der Waals surface area contributed by atoms with Crippen LogP contribution in [0.25, 0.3) is 11.3 Å². The van der Waals surface area contributed by atoms with Gasteiger partial charge in [0.2, 0.25) is 5.88 Å². The van der Waals surface area contributed by atoms with Gasteiger partial charge in [-0.3, -0.25) is 0 Å². The van der Waals surface area contributed by atoms with Crippen molar-refractivity contribution in [1.29, 1.82) is 0 Å². The fourth-order valence-corrected chi connectivity index (χ4v) is 2.15. The Kier molecular flexibility index (Phi) is 4.17. The van der Waals surface area contributed by atoms with Gasteiger partial charge >= 0.3 is 0 Å². The number of pyridine rings is 1. The largest absolute Gasteiger partial charge is 0.481 e. The maximum Gasteiger partial charge on any atom is 0.213 e. The van der Waals surface area contributed by atoms with E-state index in [0.717, 1.165) is 22.4 Å². The van der Waals surface area contributed by atoms with Crippen LogP contribution in [0.3, 0.4) is 0 Å². The Balaban J connectivity index is 2.02. The van der Waals surface area contributed by atoms with Gasteiger partial charge in [-0.05, 0) is 24.3 Å². The number of ether oxygens (including phenoxy) is 1. The molecule has 2 nitrogen and oxygen atoms in total. The Hall–Kier alpha value is -3.05. The zero-order valence-electron chi connectivity index (χ0n) is 12.3. The molecule has 0 aliphatic heterocycles. The molecule has 106 valence electrons. The standard InChI is InChI=1S/C20H15NO/c1-22-20-13-7-12-19(21-20)18-11-6-5-10-17(18)15-14-16-8-3-2-4-9-16/h2-13H,1H3. The molecular weight excluding hydrogens is 270 g/mol. The van der Waals surface area contributed by atoms with E-state index in [1.807, 2.05) is 72.8 Å². The van der Waals surface area contributed by atoms with Crippen molar-refractivity contribution in [1.82, 2.24) is 4.98 Å². The van der Waals surface area contributed by atoms with Crippen molar-refractivity contribution >= 4 is 0 Å². The third-order valence-electron chi connectivity index (χ3n) is 3.25. The van der Waals surface area contributed by atoms with Gasteiger partial charge in [-0.1, -0.05) is 54.3 Å². The Morgan fingerprint density at radius 3 is 2.36 bits per heavy atom. The molecule has 0 unspecified atom stereocenters. The van der Waals surface area contributed by atoms with Crippen molar-refractivity contribution in [3.05, 3.63) is 83.9 Å². The number of nitrogens with zero attached hydrogens (tertiary/aromatic N) is 1. The monoisotopic (exact) mass is 285 g/mol. The third-order valence-corrected chi connectivity index (χ3v) is 3.25. The van der Waals surface area contributed by atoms with Gasteiger partial charge in [0.15, 0.2) is 0 Å². The molecule has 2 heteroatoms. The van der Waals surface area contributed by atoms with Crippen LogP contribution in [0.4, 0.5) is 0 Å². The Morgan fingerprint density at radius 1 is 0.773 bits per heavy atom. The number of benzene rings is 2. The molecule has 0 atom stereocenters. The minimum atomic E-state index is 0.600. The van der Waals surface area contributed by atoms with Crippen molar-refractivity contribution in [2.24, 2.45) is 0 Å². The second kappa shape index (κ2) is 6.60. The van der Waals surface area contributed by atoms with Gasteiger partial charge in [0, 0.05) is 22.8 Å². The van der Waals surface area contributed by atoms with Gasteiger partial charge in [0.1, 0.15) is 0 Å². The fourth-order valence-electron chi connectivity index (χ4n) is 2.15. The molecule has 1 aromatic heterocycles. The van der Waals surface area contributed by atoms with Crippen LogP contribution in [0, 0.1) is 11.8 Å². The van der Waals surface area contributed by atoms with E-state index >= 15 is 0 Å². The van der Waals surface area contributed by atoms with E-state index in [-0.39, 0.29) is 0 Å². The summed E-state index contributed by atoms with van der Waals surface area (Å²) in [4.78, 5) is 4.49. The van der Waals surface area contributed by atoms with E-state index in [2.05, 4.69) is 16.8 Å². The summed E-state index contributed by atoms with van der Waals surface area (Å²) in [5.41, 5.74) is 3.81. The summed E-state index contributed by atoms with van der Waals surface area (Å²) >= 11 is 0. The predicted molar refractivity (Wildman–Crippen MR) is 88.6 cm³/mol. The molecule has 0 amide bonds. The van der Waals surface area contributed by atoms with Crippen molar-refractivity contribution in [3.8, 4) is 29.0 Å². The summed E-state index contributed by atoms with van der Waals surface area (Å²) in [7, 11) is 1.62. The molecule has 0 aliphatic rings. The summed E-state index contributed by atoms with van der Waals surface area (Å²) in [5, 5.41) is 0. The van der Waals surface area contributed by atoms with Crippen LogP contribution >= 0.6 is 0 Å². The Labute approximate surface area is 130 Å². The SMILES string of the molecule is COc1cccc(-c2ccccc2C#Cc2ccccc2)n1. The highest BCUT2D eigenvalue weighted by Crippen LogP contribution is 2.23. The first-order valence-electron chi connectivity index (χ1n) is 7.04. The summed E-state index contributed by atoms with van der Waals surface area (Å²) in [5.74, 6) is 7.03. The second-order valence-corrected chi connectivity index (χ2v) is 4.73. The van der Waals surface area contributed by atoms with Gasteiger partial charge in [0.05, 0.1) is 12.8 Å². The van der Waals surface area contributed by atoms with Crippen LogP contribution in [-0.4, -0.2) is 12.1 Å². The van der Waals surface area contributed by atoms with Gasteiger partial charge in [0.25, 0.3) is 0 Å². The van der Waals surface area contributed by atoms with Crippen molar-refractivity contribution in [2.75, 3.05) is 7.11 Å². The summed E-state index contributed by atoms with van der Waals surface area (Å²) < 4.78 is 5.20. The number of aromatic nitrogens is 1. The maximum absolute atomic E-state index is 5.20. The molecule has 2 aromatic carbocycles. The molecule has 1 heterocycles. The molecule has 3 rings (SSSR count). The smallest absolute Gasteiger partial charge is 0.213 e. The minimum absolute atomic E-state index is 0.600. The molecule has 0 spiro atoms. The topological polar surface area (TPSA) is 22.1 Å². The number of hydrogen-bond acceptors (Lipinski definition) is 2. The first-order chi connectivity index (χ1) is 10.9. The molecule has 0 radical (unpaired) electrons. The lowest BCUT2D eigenvalue weighted by Gasteiger charge is -2.05. The first-order valence-corrected chi connectivity index (χ1v) is 7.04. The van der Waals surface area contributed by atoms with E-state index in [1.165, 1.54) is 0 Å². The van der Waals surface area contributed by atoms with Gasteiger partial charge in [-0.2, -0.15) is 0 Å². The molecule has 0 aliphatic carbocycles. The molecule has 0 saturated carbocycles. The van der Waals surface area contributed by atoms with Crippen LogP contribution < -0.4 is 4.74 Å². The zero-order valence-corrected chi connectivity index (χ0v) is 12.3. The third kappa shape index (κ3) is 3.16. The van der Waals surface area contributed by atoms with E-state index in [4.69, 9.17) is 4.74 Å². The molecular formula is C20H15NO. The summed E-state index contributed by atoms with van der Waals surface area (Å²) in [6.45, 7) is 0. The van der Waals surface area contributed by atoms with Crippen molar-refractivity contribution < 1.29 is 4.74 Å². The molecule has 0 bridgehead atoms. The molecule has 3 aromatic rings. The van der Waals surface area contributed by atoms with E-state index < -0.39 is 0 Å². The van der Waals surface area contributed by atoms with Crippen LogP contribution in [0.5, 0.6) is 5.88 Å². The minimum Gasteiger partial charge on any atom is -0.481 e. The molecule has 0 fully saturated rings. The lowest BCUT2D eigenvalue weighted by atomic mass is 10.0. The van der Waals surface area contributed by atoms with Gasteiger partial charge in [-0.15, -0.1) is 0 Å². The van der Waals surface area contributed by atoms with Crippen molar-refractivity contribution in [2.45, 2.75) is 0 Å². The van der Waals surface area contributed by atoms with E-state index in [9.17, 15) is 0 Å². The quantitative estimate of drug-likeness (QED) is 0.660. The Morgan fingerprint density at radius 2 is 1.55 bits per heavy atom. The normalized spacial score (nSPS) is 9.68. The van der Waals surface area contributed by atoms with Gasteiger partial charge < -0.3 is 4.74 Å². The van der Waals surface area contributed by atoms with E-state index in [1.54, 1.807) is 7.11 Å². The molecule has 0 N–H and O–H groups in total. The highest BCUT2D eigenvalue weighted by Gasteiger charge is 2.05. The second-order valence-electron chi connectivity index (χ2n) is 4.73. The van der Waals surface area contributed by atoms with Crippen LogP contribution in [0.2, 0.25) is 0 Å². The average molecular weight is 285 g/mol. The highest BCUT2D eigenvalue weighted by atomic mass is 16.5. The Bertz CT molecular complexity index is 829. The van der Waals surface area contributed by atoms with E-state index in [0.29, 0.717) is 5.88 Å². The molecule has 0 saturated heterocycles. The summed E-state index contributed by atoms with van der Waals surface area (Å²) in [6.07, 6.45) is 0. The number of hydrogen-bond donors (Lipinski definition) is 0. The van der Waals surface area contributed by atoms with Crippen molar-refractivity contribution in [3.63, 3.8) is 0 Å². The number of methoxy groups -OCH3 is 1. The predicted octanol–water partition coefficient (Wildman–Crippen LogP) is 4.16. The van der Waals surface area contributed by atoms with Crippen LogP contribution in [0.15, 0.2) is 72.8 Å². The zero-order chi connectivity index (χ0) is 15.2. The lowest BCUT2D eigenvalue weighted by molar-refractivity contribution is 0.398.